The molecule has 1 atom stereocenters. The molecule has 8 heteroatoms. The molecule has 1 fully saturated rings. The molecule has 0 aromatic carbocycles. The number of thioether (sulfide) groups is 1. The second kappa shape index (κ2) is 8.26. The maximum absolute atomic E-state index is 12.4. The van der Waals surface area contributed by atoms with Crippen LogP contribution in [0.5, 0.6) is 0 Å². The average Bonchev–Trinajstić information content (AvgIpc) is 3.31. The zero-order valence-corrected chi connectivity index (χ0v) is 16.7. The minimum Gasteiger partial charge on any atom is -0.376 e. The highest BCUT2D eigenvalue weighted by molar-refractivity contribution is 7.99. The molecule has 1 aliphatic heterocycles. The van der Waals surface area contributed by atoms with Gasteiger partial charge in [-0.15, -0.1) is 0 Å². The SMILES string of the molecule is Cc1nc(SCC(=O)Nc2ccnn2C(C)C)n(C[C@H]2CCCO2)c1C. The summed E-state index contributed by atoms with van der Waals surface area (Å²) in [4.78, 5) is 17.0. The number of nitrogens with one attached hydrogen (secondary N) is 1. The minimum atomic E-state index is -0.0561. The van der Waals surface area contributed by atoms with Crippen molar-refractivity contribution in [3.63, 3.8) is 0 Å². The summed E-state index contributed by atoms with van der Waals surface area (Å²) in [6.07, 6.45) is 4.15. The summed E-state index contributed by atoms with van der Waals surface area (Å²) in [5.74, 6) is 0.977. The molecular formula is C18H27N5O2S. The van der Waals surface area contributed by atoms with Gasteiger partial charge in [0.25, 0.3) is 0 Å². The van der Waals surface area contributed by atoms with Crippen molar-refractivity contribution in [2.75, 3.05) is 17.7 Å². The van der Waals surface area contributed by atoms with Crippen LogP contribution >= 0.6 is 11.8 Å². The lowest BCUT2D eigenvalue weighted by Crippen LogP contribution is -2.19. The summed E-state index contributed by atoms with van der Waals surface area (Å²) in [6, 6.07) is 2.01. The Bertz CT molecular complexity index is 762. The molecule has 3 rings (SSSR count). The molecule has 0 aliphatic carbocycles. The third-order valence-electron chi connectivity index (χ3n) is 4.59. The third kappa shape index (κ3) is 4.29. The van der Waals surface area contributed by atoms with E-state index in [4.69, 9.17) is 4.74 Å². The molecule has 0 unspecified atom stereocenters. The second-order valence-corrected chi connectivity index (χ2v) is 7.84. The smallest absolute Gasteiger partial charge is 0.235 e. The monoisotopic (exact) mass is 377 g/mol. The number of ether oxygens (including phenoxy) is 1. The van der Waals surface area contributed by atoms with Crippen LogP contribution in [0.25, 0.3) is 0 Å². The summed E-state index contributed by atoms with van der Waals surface area (Å²) < 4.78 is 9.74. The van der Waals surface area contributed by atoms with E-state index in [0.29, 0.717) is 5.75 Å². The van der Waals surface area contributed by atoms with Crippen molar-refractivity contribution in [2.45, 2.75) is 64.4 Å². The van der Waals surface area contributed by atoms with Crippen molar-refractivity contribution in [2.24, 2.45) is 0 Å². The van der Waals surface area contributed by atoms with Gasteiger partial charge in [0, 0.05) is 24.4 Å². The van der Waals surface area contributed by atoms with E-state index in [9.17, 15) is 4.79 Å². The summed E-state index contributed by atoms with van der Waals surface area (Å²) >= 11 is 1.46. The van der Waals surface area contributed by atoms with Gasteiger partial charge in [-0.25, -0.2) is 9.67 Å². The fourth-order valence-corrected chi connectivity index (χ4v) is 3.98. The number of amides is 1. The summed E-state index contributed by atoms with van der Waals surface area (Å²) in [7, 11) is 0. The van der Waals surface area contributed by atoms with Crippen molar-refractivity contribution in [3.8, 4) is 0 Å². The lowest BCUT2D eigenvalue weighted by Gasteiger charge is -2.15. The van der Waals surface area contributed by atoms with Crippen LogP contribution < -0.4 is 5.32 Å². The summed E-state index contributed by atoms with van der Waals surface area (Å²) in [6.45, 7) is 9.79. The van der Waals surface area contributed by atoms with Crippen molar-refractivity contribution in [3.05, 3.63) is 23.7 Å². The lowest BCUT2D eigenvalue weighted by molar-refractivity contribution is -0.113. The Hall–Kier alpha value is -1.80. The number of aryl methyl sites for hydroxylation is 1. The zero-order valence-electron chi connectivity index (χ0n) is 15.9. The fourth-order valence-electron chi connectivity index (χ4n) is 3.07. The largest absolute Gasteiger partial charge is 0.376 e. The molecule has 2 aromatic rings. The molecule has 0 bridgehead atoms. The highest BCUT2D eigenvalue weighted by Gasteiger charge is 2.21. The van der Waals surface area contributed by atoms with Gasteiger partial charge in [0.1, 0.15) is 5.82 Å². The van der Waals surface area contributed by atoms with Crippen LogP contribution in [0, 0.1) is 13.8 Å². The topological polar surface area (TPSA) is 74.0 Å². The Morgan fingerprint density at radius 1 is 1.46 bits per heavy atom. The van der Waals surface area contributed by atoms with Gasteiger partial charge >= 0.3 is 0 Å². The van der Waals surface area contributed by atoms with Gasteiger partial charge in [-0.1, -0.05) is 11.8 Å². The summed E-state index contributed by atoms with van der Waals surface area (Å²) in [5, 5.41) is 8.05. The predicted molar refractivity (Wildman–Crippen MR) is 103 cm³/mol. The van der Waals surface area contributed by atoms with Gasteiger partial charge in [-0.2, -0.15) is 5.10 Å². The fraction of sp³-hybridized carbons (Fsp3) is 0.611. The van der Waals surface area contributed by atoms with Crippen LogP contribution in [0.2, 0.25) is 0 Å². The highest BCUT2D eigenvalue weighted by Crippen LogP contribution is 2.24. The molecule has 1 aliphatic rings. The highest BCUT2D eigenvalue weighted by atomic mass is 32.2. The van der Waals surface area contributed by atoms with Crippen LogP contribution in [0.15, 0.2) is 17.4 Å². The lowest BCUT2D eigenvalue weighted by atomic mass is 10.2. The Labute approximate surface area is 158 Å². The number of imidazole rings is 1. The van der Waals surface area contributed by atoms with Gasteiger partial charge in [-0.05, 0) is 40.5 Å². The Balaban J connectivity index is 1.62. The van der Waals surface area contributed by atoms with Crippen molar-refractivity contribution in [1.29, 1.82) is 0 Å². The maximum atomic E-state index is 12.4. The summed E-state index contributed by atoms with van der Waals surface area (Å²) in [5.41, 5.74) is 2.14. The normalized spacial score (nSPS) is 17.2. The first-order valence-electron chi connectivity index (χ1n) is 9.07. The van der Waals surface area contributed by atoms with Gasteiger partial charge in [0.05, 0.1) is 30.3 Å². The molecule has 0 saturated carbocycles. The first kappa shape index (κ1) is 19.0. The Kier molecular flexibility index (Phi) is 6.03. The first-order valence-corrected chi connectivity index (χ1v) is 10.1. The van der Waals surface area contributed by atoms with Crippen LogP contribution in [0.3, 0.4) is 0 Å². The van der Waals surface area contributed by atoms with E-state index in [1.54, 1.807) is 10.9 Å². The average molecular weight is 378 g/mol. The predicted octanol–water partition coefficient (Wildman–Crippen LogP) is 3.19. The minimum absolute atomic E-state index is 0.0561. The van der Waals surface area contributed by atoms with Crippen molar-refractivity contribution < 1.29 is 9.53 Å². The van der Waals surface area contributed by atoms with Crippen molar-refractivity contribution in [1.82, 2.24) is 19.3 Å². The van der Waals surface area contributed by atoms with Crippen LogP contribution in [-0.4, -0.2) is 43.7 Å². The zero-order chi connectivity index (χ0) is 18.7. The van der Waals surface area contributed by atoms with E-state index >= 15 is 0 Å². The van der Waals surface area contributed by atoms with Gasteiger partial charge in [-0.3, -0.25) is 4.79 Å². The van der Waals surface area contributed by atoms with Crippen LogP contribution in [-0.2, 0) is 16.1 Å². The molecule has 0 radical (unpaired) electrons. The van der Waals surface area contributed by atoms with E-state index in [-0.39, 0.29) is 18.1 Å². The van der Waals surface area contributed by atoms with Crippen LogP contribution in [0.4, 0.5) is 5.82 Å². The molecular weight excluding hydrogens is 350 g/mol. The molecule has 2 aromatic heterocycles. The number of anilines is 1. The van der Waals surface area contributed by atoms with Crippen molar-refractivity contribution >= 4 is 23.5 Å². The first-order chi connectivity index (χ1) is 12.5. The molecule has 142 valence electrons. The van der Waals surface area contributed by atoms with Gasteiger partial charge in [0.15, 0.2) is 5.16 Å². The number of rotatable bonds is 7. The van der Waals surface area contributed by atoms with E-state index in [2.05, 4.69) is 26.9 Å². The van der Waals surface area contributed by atoms with E-state index in [0.717, 1.165) is 48.4 Å². The van der Waals surface area contributed by atoms with Crippen LogP contribution in [0.1, 0.15) is 44.1 Å². The third-order valence-corrected chi connectivity index (χ3v) is 5.57. The number of nitrogens with zero attached hydrogens (tertiary/aromatic N) is 4. The molecule has 0 spiro atoms. The molecule has 1 amide bonds. The van der Waals surface area contributed by atoms with E-state index in [1.165, 1.54) is 11.8 Å². The standard InChI is InChI=1S/C18H27N5O2S/c1-12(2)23-16(7-8-19-23)21-17(24)11-26-18-20-13(3)14(4)22(18)10-15-6-5-9-25-15/h7-8,12,15H,5-6,9-11H2,1-4H3,(H,21,24)/t15-/m1/s1. The second-order valence-electron chi connectivity index (χ2n) is 6.90. The molecule has 7 nitrogen and oxygen atoms in total. The molecule has 1 saturated heterocycles. The van der Waals surface area contributed by atoms with E-state index < -0.39 is 0 Å². The quantitative estimate of drug-likeness (QED) is 0.750. The Morgan fingerprint density at radius 2 is 2.27 bits per heavy atom. The number of hydrogen-bond acceptors (Lipinski definition) is 5. The number of aromatic nitrogens is 4. The number of hydrogen-bond donors (Lipinski definition) is 1. The molecule has 3 heterocycles. The number of carbonyl (C=O) groups excluding carboxylic acids is 1. The van der Waals surface area contributed by atoms with Gasteiger partial charge < -0.3 is 14.6 Å². The number of carbonyl (C=O) groups is 1. The maximum Gasteiger partial charge on any atom is 0.235 e. The van der Waals surface area contributed by atoms with Gasteiger partial charge in [0.2, 0.25) is 5.91 Å². The Morgan fingerprint density at radius 3 is 2.96 bits per heavy atom. The molecule has 1 N–H and O–H groups in total. The van der Waals surface area contributed by atoms with E-state index in [1.807, 2.05) is 26.8 Å². The molecule has 26 heavy (non-hydrogen) atoms.